The van der Waals surface area contributed by atoms with E-state index >= 15 is 0 Å². The summed E-state index contributed by atoms with van der Waals surface area (Å²) in [6.07, 6.45) is -1.76. The molecule has 0 bridgehead atoms. The number of rotatable bonds is 1. The SMILES string of the molecule is Fc1ccc(C(F)(F)F)cc1-n1cccn1. The van der Waals surface area contributed by atoms with Crippen molar-refractivity contribution in [1.29, 1.82) is 0 Å². The maximum Gasteiger partial charge on any atom is 0.416 e. The van der Waals surface area contributed by atoms with Crippen LogP contribution >= 0.6 is 0 Å². The van der Waals surface area contributed by atoms with Gasteiger partial charge >= 0.3 is 6.18 Å². The molecule has 1 aromatic heterocycles. The molecule has 0 N–H and O–H groups in total. The molecule has 0 spiro atoms. The van der Waals surface area contributed by atoms with Crippen molar-refractivity contribution in [1.82, 2.24) is 9.78 Å². The maximum atomic E-state index is 13.3. The Bertz CT molecular complexity index is 488. The number of nitrogens with zero attached hydrogens (tertiary/aromatic N) is 2. The first kappa shape index (κ1) is 10.7. The van der Waals surface area contributed by atoms with Crippen LogP contribution in [0.15, 0.2) is 36.7 Å². The molecule has 2 nitrogen and oxygen atoms in total. The van der Waals surface area contributed by atoms with Gasteiger partial charge in [-0.05, 0) is 24.3 Å². The summed E-state index contributed by atoms with van der Waals surface area (Å²) in [4.78, 5) is 0. The summed E-state index contributed by atoms with van der Waals surface area (Å²) in [5.74, 6) is -0.753. The molecule has 1 aromatic carbocycles. The Balaban J connectivity index is 2.54. The monoisotopic (exact) mass is 230 g/mol. The Morgan fingerprint density at radius 2 is 1.94 bits per heavy atom. The standard InChI is InChI=1S/C10H6F4N2/c11-8-3-2-7(10(12,13)14)6-9(8)16-5-1-4-15-16/h1-6H. The summed E-state index contributed by atoms with van der Waals surface area (Å²) < 4.78 is 51.5. The van der Waals surface area contributed by atoms with Gasteiger partial charge in [0.05, 0.1) is 5.56 Å². The third-order valence-electron chi connectivity index (χ3n) is 2.02. The minimum atomic E-state index is -4.49. The second-order valence-electron chi connectivity index (χ2n) is 3.11. The van der Waals surface area contributed by atoms with Crippen molar-refractivity contribution in [2.45, 2.75) is 6.18 Å². The van der Waals surface area contributed by atoms with E-state index in [9.17, 15) is 17.6 Å². The predicted octanol–water partition coefficient (Wildman–Crippen LogP) is 3.03. The Kier molecular flexibility index (Phi) is 2.41. The van der Waals surface area contributed by atoms with Gasteiger partial charge in [0.1, 0.15) is 11.5 Å². The van der Waals surface area contributed by atoms with E-state index in [-0.39, 0.29) is 5.69 Å². The number of halogens is 4. The van der Waals surface area contributed by atoms with Crippen molar-refractivity contribution >= 4 is 0 Å². The molecule has 0 amide bonds. The van der Waals surface area contributed by atoms with Crippen molar-refractivity contribution in [2.75, 3.05) is 0 Å². The molecule has 0 atom stereocenters. The van der Waals surface area contributed by atoms with Crippen molar-refractivity contribution in [2.24, 2.45) is 0 Å². The second-order valence-corrected chi connectivity index (χ2v) is 3.11. The summed E-state index contributed by atoms with van der Waals surface area (Å²) in [5, 5.41) is 3.68. The largest absolute Gasteiger partial charge is 0.416 e. The molecule has 2 aromatic rings. The van der Waals surface area contributed by atoms with Crippen LogP contribution in [-0.2, 0) is 6.18 Å². The molecule has 2 rings (SSSR count). The van der Waals surface area contributed by atoms with Crippen LogP contribution in [0.4, 0.5) is 17.6 Å². The normalized spacial score (nSPS) is 11.8. The van der Waals surface area contributed by atoms with Gasteiger partial charge in [0.25, 0.3) is 0 Å². The van der Waals surface area contributed by atoms with Crippen LogP contribution in [0, 0.1) is 5.82 Å². The first-order valence-corrected chi connectivity index (χ1v) is 4.35. The highest BCUT2D eigenvalue weighted by Gasteiger charge is 2.31. The zero-order valence-corrected chi connectivity index (χ0v) is 7.87. The molecule has 1 heterocycles. The highest BCUT2D eigenvalue weighted by Crippen LogP contribution is 2.31. The van der Waals surface area contributed by atoms with Gasteiger partial charge < -0.3 is 0 Å². The quantitative estimate of drug-likeness (QED) is 0.688. The van der Waals surface area contributed by atoms with Gasteiger partial charge in [0.2, 0.25) is 0 Å². The molecule has 0 fully saturated rings. The maximum absolute atomic E-state index is 13.3. The lowest BCUT2D eigenvalue weighted by atomic mass is 10.2. The lowest BCUT2D eigenvalue weighted by Crippen LogP contribution is -2.07. The van der Waals surface area contributed by atoms with Gasteiger partial charge in [0, 0.05) is 12.4 Å². The highest BCUT2D eigenvalue weighted by molar-refractivity contribution is 5.37. The molecular formula is C10H6F4N2. The van der Waals surface area contributed by atoms with E-state index in [1.54, 1.807) is 0 Å². The van der Waals surface area contributed by atoms with E-state index < -0.39 is 17.6 Å². The fourth-order valence-electron chi connectivity index (χ4n) is 1.28. The van der Waals surface area contributed by atoms with Gasteiger partial charge in [-0.25, -0.2) is 9.07 Å². The third kappa shape index (κ3) is 1.91. The second kappa shape index (κ2) is 3.62. The fraction of sp³-hybridized carbons (Fsp3) is 0.100. The van der Waals surface area contributed by atoms with E-state index in [0.29, 0.717) is 6.07 Å². The van der Waals surface area contributed by atoms with E-state index in [1.807, 2.05) is 0 Å². The molecule has 0 radical (unpaired) electrons. The molecule has 0 saturated carbocycles. The van der Waals surface area contributed by atoms with Crippen molar-refractivity contribution in [3.63, 3.8) is 0 Å². The smallest absolute Gasteiger partial charge is 0.238 e. The van der Waals surface area contributed by atoms with Crippen LogP contribution < -0.4 is 0 Å². The van der Waals surface area contributed by atoms with Crippen LogP contribution in [0.1, 0.15) is 5.56 Å². The highest BCUT2D eigenvalue weighted by atomic mass is 19.4. The summed E-state index contributed by atoms with van der Waals surface area (Å²) in [7, 11) is 0. The number of aromatic nitrogens is 2. The number of hydrogen-bond acceptors (Lipinski definition) is 1. The Hall–Kier alpha value is -1.85. The zero-order chi connectivity index (χ0) is 11.8. The summed E-state index contributed by atoms with van der Waals surface area (Å²) in [6.45, 7) is 0. The average Bonchev–Trinajstić information content (AvgIpc) is 2.69. The van der Waals surface area contributed by atoms with Crippen LogP contribution in [-0.4, -0.2) is 9.78 Å². The van der Waals surface area contributed by atoms with E-state index in [2.05, 4.69) is 5.10 Å². The lowest BCUT2D eigenvalue weighted by molar-refractivity contribution is -0.137. The minimum absolute atomic E-state index is 0.222. The molecular weight excluding hydrogens is 224 g/mol. The topological polar surface area (TPSA) is 17.8 Å². The van der Waals surface area contributed by atoms with Gasteiger partial charge in [-0.2, -0.15) is 18.3 Å². The van der Waals surface area contributed by atoms with Crippen LogP contribution in [0.5, 0.6) is 0 Å². The molecule has 0 aliphatic heterocycles. The van der Waals surface area contributed by atoms with Crippen molar-refractivity contribution in [3.8, 4) is 5.69 Å². The Morgan fingerprint density at radius 1 is 1.19 bits per heavy atom. The van der Waals surface area contributed by atoms with E-state index in [4.69, 9.17) is 0 Å². The average molecular weight is 230 g/mol. The Morgan fingerprint density at radius 3 is 2.50 bits per heavy atom. The predicted molar refractivity (Wildman–Crippen MR) is 48.5 cm³/mol. The van der Waals surface area contributed by atoms with Crippen molar-refractivity contribution in [3.05, 3.63) is 48.0 Å². The van der Waals surface area contributed by atoms with Crippen molar-refractivity contribution < 1.29 is 17.6 Å². The molecule has 0 saturated heterocycles. The molecule has 84 valence electrons. The summed E-state index contributed by atoms with van der Waals surface area (Å²) >= 11 is 0. The number of alkyl halides is 3. The zero-order valence-electron chi connectivity index (χ0n) is 7.87. The van der Waals surface area contributed by atoms with E-state index in [0.717, 1.165) is 16.8 Å². The molecule has 0 unspecified atom stereocenters. The number of hydrogen-bond donors (Lipinski definition) is 0. The first-order chi connectivity index (χ1) is 7.48. The van der Waals surface area contributed by atoms with Gasteiger partial charge in [-0.3, -0.25) is 0 Å². The molecule has 16 heavy (non-hydrogen) atoms. The molecule has 0 aliphatic carbocycles. The number of benzene rings is 1. The van der Waals surface area contributed by atoms with Crippen LogP contribution in [0.2, 0.25) is 0 Å². The van der Waals surface area contributed by atoms with Gasteiger partial charge in [-0.15, -0.1) is 0 Å². The van der Waals surface area contributed by atoms with Gasteiger partial charge in [0.15, 0.2) is 0 Å². The van der Waals surface area contributed by atoms with Crippen LogP contribution in [0.3, 0.4) is 0 Å². The Labute approximate surface area is 88.1 Å². The summed E-state index contributed by atoms with van der Waals surface area (Å²) in [6, 6.07) is 3.70. The lowest BCUT2D eigenvalue weighted by Gasteiger charge is -2.09. The molecule has 0 aliphatic rings. The third-order valence-corrected chi connectivity index (χ3v) is 2.02. The van der Waals surface area contributed by atoms with E-state index in [1.165, 1.54) is 18.5 Å². The fourth-order valence-corrected chi connectivity index (χ4v) is 1.28. The minimum Gasteiger partial charge on any atom is -0.238 e. The van der Waals surface area contributed by atoms with Gasteiger partial charge in [-0.1, -0.05) is 0 Å². The first-order valence-electron chi connectivity index (χ1n) is 4.35. The summed E-state index contributed by atoms with van der Waals surface area (Å²) in [5.41, 5.74) is -1.13. The van der Waals surface area contributed by atoms with Crippen LogP contribution in [0.25, 0.3) is 5.69 Å². The molecule has 6 heteroatoms.